The quantitative estimate of drug-likeness (QED) is 0.418. The first-order valence-corrected chi connectivity index (χ1v) is 16.8. The van der Waals surface area contributed by atoms with Crippen molar-refractivity contribution in [3.05, 3.63) is 96.1 Å². The highest BCUT2D eigenvalue weighted by Gasteiger charge is 2.75. The molecule has 0 radical (unpaired) electrons. The van der Waals surface area contributed by atoms with Gasteiger partial charge < -0.3 is 29.3 Å². The van der Waals surface area contributed by atoms with Crippen LogP contribution >= 0.6 is 0 Å². The van der Waals surface area contributed by atoms with Gasteiger partial charge in [-0.25, -0.2) is 0 Å². The molecule has 2 aromatic rings. The van der Waals surface area contributed by atoms with Gasteiger partial charge in [-0.05, 0) is 24.5 Å². The number of aliphatic hydroxyl groups is 1. The number of amides is 3. The number of benzene rings is 2. The van der Waals surface area contributed by atoms with Crippen LogP contribution in [0.4, 0.5) is 0 Å². The van der Waals surface area contributed by atoms with Crippen LogP contribution in [0.2, 0.25) is 0 Å². The minimum atomic E-state index is -1.37. The van der Waals surface area contributed by atoms with Gasteiger partial charge in [0.2, 0.25) is 17.7 Å². The van der Waals surface area contributed by atoms with E-state index in [2.05, 4.69) is 4.90 Å². The molecule has 1 N–H and O–H groups in total. The number of hydrogen-bond donors (Lipinski definition) is 1. The number of fused-ring (bicyclic) bond motifs is 2. The zero-order valence-electron chi connectivity index (χ0n) is 26.9. The smallest absolute Gasteiger partial charge is 0.249 e. The van der Waals surface area contributed by atoms with E-state index in [1.807, 2.05) is 91.9 Å². The number of carbonyl (C=O) groups excluding carboxylic acids is 3. The number of carbonyl (C=O) groups is 3. The number of morpholine rings is 1. The molecule has 1 unspecified atom stereocenters. The number of nitrogens with zero attached hydrogens (tertiary/aromatic N) is 4. The summed E-state index contributed by atoms with van der Waals surface area (Å²) in [5.41, 5.74) is -0.539. The van der Waals surface area contributed by atoms with Crippen LogP contribution in [0.5, 0.6) is 0 Å². The zero-order valence-corrected chi connectivity index (χ0v) is 26.9. The second-order valence-corrected chi connectivity index (χ2v) is 13.5. The van der Waals surface area contributed by atoms with Crippen molar-refractivity contribution in [2.45, 2.75) is 43.2 Å². The van der Waals surface area contributed by atoms with Crippen LogP contribution in [0.1, 0.15) is 18.1 Å². The lowest BCUT2D eigenvalue weighted by atomic mass is 9.74. The fraction of sp³-hybridized carbons (Fsp3) is 0.486. The van der Waals surface area contributed by atoms with Crippen molar-refractivity contribution in [1.29, 1.82) is 0 Å². The second-order valence-electron chi connectivity index (χ2n) is 13.5. The molecule has 0 bridgehead atoms. The standard InChI is InChI=1S/C37H44N4O6/c1-36-14-8-17-40(25-28-12-6-3-7-13-28)33(43)30(36)31-34(44)41(29(26-42)24-27-10-4-2-5-11-27)32-35(45)39(16-9-15-37(31,32)47-36)19-18-38-20-22-46-23-21-38/h2-15,29-32,42H,16-26H2,1H3/t29-,30-,31+,32?,36+,37+/m1/s1. The zero-order chi connectivity index (χ0) is 32.6. The van der Waals surface area contributed by atoms with Crippen molar-refractivity contribution in [3.63, 3.8) is 0 Å². The van der Waals surface area contributed by atoms with Crippen molar-refractivity contribution in [2.24, 2.45) is 11.8 Å². The maximum atomic E-state index is 14.9. The molecule has 248 valence electrons. The Hall–Kier alpha value is -3.83. The second kappa shape index (κ2) is 13.0. The van der Waals surface area contributed by atoms with E-state index in [4.69, 9.17) is 9.47 Å². The predicted octanol–water partition coefficient (Wildman–Crippen LogP) is 1.89. The van der Waals surface area contributed by atoms with Gasteiger partial charge in [0.25, 0.3) is 0 Å². The summed E-state index contributed by atoms with van der Waals surface area (Å²) in [6.45, 7) is 6.80. The Balaban J connectivity index is 1.27. The molecule has 10 heteroatoms. The first kappa shape index (κ1) is 31.8. The molecular weight excluding hydrogens is 596 g/mol. The topological polar surface area (TPSA) is 103 Å². The third-order valence-electron chi connectivity index (χ3n) is 10.6. The lowest BCUT2D eigenvalue weighted by Gasteiger charge is -2.40. The van der Waals surface area contributed by atoms with E-state index < -0.39 is 35.1 Å². The average molecular weight is 641 g/mol. The first-order chi connectivity index (χ1) is 22.8. The molecule has 3 fully saturated rings. The molecule has 47 heavy (non-hydrogen) atoms. The Morgan fingerprint density at radius 2 is 1.47 bits per heavy atom. The summed E-state index contributed by atoms with van der Waals surface area (Å²) in [7, 11) is 0. The molecule has 1 spiro atoms. The van der Waals surface area contributed by atoms with Crippen molar-refractivity contribution in [1.82, 2.24) is 19.6 Å². The van der Waals surface area contributed by atoms with Gasteiger partial charge in [-0.15, -0.1) is 0 Å². The number of aliphatic hydroxyl groups excluding tert-OH is 1. The minimum absolute atomic E-state index is 0.171. The summed E-state index contributed by atoms with van der Waals surface area (Å²) in [5.74, 6) is -2.50. The molecule has 6 atom stereocenters. The monoisotopic (exact) mass is 640 g/mol. The molecule has 3 amide bonds. The average Bonchev–Trinajstić information content (AvgIpc) is 3.37. The Labute approximate surface area is 276 Å². The van der Waals surface area contributed by atoms with Gasteiger partial charge in [-0.2, -0.15) is 0 Å². The Morgan fingerprint density at radius 1 is 0.809 bits per heavy atom. The van der Waals surface area contributed by atoms with E-state index in [1.54, 1.807) is 14.7 Å². The molecular formula is C37H44N4O6. The lowest BCUT2D eigenvalue weighted by Crippen LogP contribution is -2.59. The summed E-state index contributed by atoms with van der Waals surface area (Å²) in [6.07, 6.45) is 8.03. The van der Waals surface area contributed by atoms with Gasteiger partial charge in [0.05, 0.1) is 43.3 Å². The van der Waals surface area contributed by atoms with E-state index in [1.165, 1.54) is 0 Å². The molecule has 7 rings (SSSR count). The summed E-state index contributed by atoms with van der Waals surface area (Å²) in [6, 6.07) is 17.8. The Morgan fingerprint density at radius 3 is 2.17 bits per heavy atom. The van der Waals surface area contributed by atoms with E-state index in [0.717, 1.165) is 24.2 Å². The van der Waals surface area contributed by atoms with Crippen LogP contribution < -0.4 is 0 Å². The molecule has 5 heterocycles. The molecule has 3 saturated heterocycles. The molecule has 0 saturated carbocycles. The first-order valence-electron chi connectivity index (χ1n) is 16.8. The van der Waals surface area contributed by atoms with E-state index >= 15 is 0 Å². The predicted molar refractivity (Wildman–Crippen MR) is 175 cm³/mol. The lowest BCUT2D eigenvalue weighted by molar-refractivity contribution is -0.156. The third kappa shape index (κ3) is 5.71. The molecule has 2 aromatic carbocycles. The number of hydrogen-bond acceptors (Lipinski definition) is 7. The van der Waals surface area contributed by atoms with E-state index in [0.29, 0.717) is 52.4 Å². The van der Waals surface area contributed by atoms with E-state index in [9.17, 15) is 19.5 Å². The molecule has 5 aliphatic heterocycles. The molecule has 10 nitrogen and oxygen atoms in total. The normalized spacial score (nSPS) is 31.4. The summed E-state index contributed by atoms with van der Waals surface area (Å²) < 4.78 is 12.5. The van der Waals surface area contributed by atoms with Crippen LogP contribution in [0.25, 0.3) is 0 Å². The number of ether oxygens (including phenoxy) is 2. The van der Waals surface area contributed by atoms with Crippen molar-refractivity contribution >= 4 is 17.7 Å². The minimum Gasteiger partial charge on any atom is -0.394 e. The third-order valence-corrected chi connectivity index (χ3v) is 10.6. The van der Waals surface area contributed by atoms with Crippen molar-refractivity contribution < 1.29 is 29.0 Å². The number of rotatable bonds is 9. The molecule has 0 aliphatic carbocycles. The maximum absolute atomic E-state index is 14.9. The largest absolute Gasteiger partial charge is 0.394 e. The van der Waals surface area contributed by atoms with E-state index in [-0.39, 0.29) is 24.3 Å². The van der Waals surface area contributed by atoms with Crippen LogP contribution in [0.15, 0.2) is 85.0 Å². The highest BCUT2D eigenvalue weighted by atomic mass is 16.5. The fourth-order valence-corrected chi connectivity index (χ4v) is 8.32. The highest BCUT2D eigenvalue weighted by Crippen LogP contribution is 2.58. The molecule has 0 aromatic heterocycles. The van der Waals surface area contributed by atoms with Crippen LogP contribution in [0, 0.1) is 11.8 Å². The van der Waals surface area contributed by atoms with Gasteiger partial charge >= 0.3 is 0 Å². The SMILES string of the molecule is C[C@]12C=CCN(Cc3ccccc3)C(=O)[C@H]1[C@H]1C(=O)N([C@@H](CO)Cc3ccccc3)C3C(=O)N(CCN4CCOCC4)CC=C[C@@]31O2. The highest BCUT2D eigenvalue weighted by molar-refractivity contribution is 6.00. The molecule has 5 aliphatic rings. The van der Waals surface area contributed by atoms with Gasteiger partial charge in [-0.1, -0.05) is 85.0 Å². The summed E-state index contributed by atoms with van der Waals surface area (Å²) in [5, 5.41) is 10.8. The Bertz CT molecular complexity index is 1530. The van der Waals surface area contributed by atoms with Gasteiger partial charge in [0, 0.05) is 45.8 Å². The van der Waals surface area contributed by atoms with Crippen molar-refractivity contribution in [3.8, 4) is 0 Å². The maximum Gasteiger partial charge on any atom is 0.249 e. The van der Waals surface area contributed by atoms with Crippen LogP contribution in [-0.4, -0.2) is 125 Å². The van der Waals surface area contributed by atoms with Gasteiger partial charge in [0.1, 0.15) is 11.6 Å². The van der Waals surface area contributed by atoms with Gasteiger partial charge in [-0.3, -0.25) is 19.3 Å². The van der Waals surface area contributed by atoms with Gasteiger partial charge in [0.15, 0.2) is 0 Å². The van der Waals surface area contributed by atoms with Crippen molar-refractivity contribution in [2.75, 3.05) is 59.1 Å². The van der Waals surface area contributed by atoms with Crippen LogP contribution in [0.3, 0.4) is 0 Å². The number of likely N-dealkylation sites (tertiary alicyclic amines) is 1. The van der Waals surface area contributed by atoms with Crippen LogP contribution in [-0.2, 0) is 36.8 Å². The summed E-state index contributed by atoms with van der Waals surface area (Å²) in [4.78, 5) is 51.8. The fourth-order valence-electron chi connectivity index (χ4n) is 8.32. The summed E-state index contributed by atoms with van der Waals surface area (Å²) >= 11 is 0. The Kier molecular flexibility index (Phi) is 8.78.